The molecule has 6 heteroatoms. The van der Waals surface area contributed by atoms with Crippen LogP contribution in [0, 0.1) is 0 Å². The summed E-state index contributed by atoms with van der Waals surface area (Å²) < 4.78 is 11.6. The van der Waals surface area contributed by atoms with Crippen molar-refractivity contribution in [3.8, 4) is 0 Å². The van der Waals surface area contributed by atoms with Gasteiger partial charge < -0.3 is 9.47 Å². The Morgan fingerprint density at radius 2 is 1.72 bits per heavy atom. The number of methoxy groups -OCH3 is 2. The molecular formula is C19H28BrNO3S. The molecule has 4 nitrogen and oxygen atoms in total. The van der Waals surface area contributed by atoms with E-state index in [-0.39, 0.29) is 5.12 Å². The summed E-state index contributed by atoms with van der Waals surface area (Å²) in [6.45, 7) is 3.18. The van der Waals surface area contributed by atoms with E-state index in [9.17, 15) is 4.79 Å². The number of hydrogen-bond donors (Lipinski definition) is 0. The summed E-state index contributed by atoms with van der Waals surface area (Å²) in [6.07, 6.45) is 4.65. The molecule has 1 aliphatic carbocycles. The molecule has 0 N–H and O–H groups in total. The molecule has 0 amide bonds. The van der Waals surface area contributed by atoms with Crippen molar-refractivity contribution in [3.63, 3.8) is 0 Å². The molecule has 25 heavy (non-hydrogen) atoms. The van der Waals surface area contributed by atoms with Gasteiger partial charge in [-0.3, -0.25) is 9.69 Å². The Bertz CT molecular complexity index is 518. The highest BCUT2D eigenvalue weighted by molar-refractivity contribution is 9.10. The first-order chi connectivity index (χ1) is 12.2. The molecule has 140 valence electrons. The van der Waals surface area contributed by atoms with Crippen LogP contribution in [0.4, 0.5) is 0 Å². The van der Waals surface area contributed by atoms with Gasteiger partial charge in [0.2, 0.25) is 5.12 Å². The lowest BCUT2D eigenvalue weighted by molar-refractivity contribution is 0.0761. The Labute approximate surface area is 163 Å². The summed E-state index contributed by atoms with van der Waals surface area (Å²) in [7, 11) is 3.47. The van der Waals surface area contributed by atoms with Crippen molar-refractivity contribution < 1.29 is 14.3 Å². The number of hydrogen-bond acceptors (Lipinski definition) is 5. The highest BCUT2D eigenvalue weighted by atomic mass is 79.9. The molecule has 0 saturated heterocycles. The van der Waals surface area contributed by atoms with Gasteiger partial charge in [-0.15, -0.1) is 0 Å². The maximum atomic E-state index is 12.7. The Morgan fingerprint density at radius 1 is 1.12 bits per heavy atom. The molecule has 1 aromatic carbocycles. The van der Waals surface area contributed by atoms with Crippen molar-refractivity contribution in [2.24, 2.45) is 0 Å². The van der Waals surface area contributed by atoms with E-state index in [1.54, 1.807) is 14.2 Å². The van der Waals surface area contributed by atoms with Gasteiger partial charge in [-0.1, -0.05) is 40.5 Å². The number of carbonyl (C=O) groups excluding carboxylic acids is 1. The van der Waals surface area contributed by atoms with Crippen LogP contribution < -0.4 is 0 Å². The maximum absolute atomic E-state index is 12.7. The number of benzene rings is 1. The molecule has 0 radical (unpaired) electrons. The number of ether oxygens (including phenoxy) is 2. The second-order valence-corrected chi connectivity index (χ2v) is 8.45. The normalized spacial score (nSPS) is 20.8. The summed E-state index contributed by atoms with van der Waals surface area (Å²) in [5, 5.41) is 0.501. The van der Waals surface area contributed by atoms with Crippen LogP contribution in [0.25, 0.3) is 0 Å². The summed E-state index contributed by atoms with van der Waals surface area (Å²) in [6, 6.07) is 8.05. The first-order valence-corrected chi connectivity index (χ1v) is 10.5. The van der Waals surface area contributed by atoms with Crippen molar-refractivity contribution in [1.29, 1.82) is 0 Å². The highest BCUT2D eigenvalue weighted by Crippen LogP contribution is 2.34. The van der Waals surface area contributed by atoms with Crippen LogP contribution in [0.3, 0.4) is 0 Å². The molecule has 1 saturated carbocycles. The second-order valence-electron chi connectivity index (χ2n) is 6.32. The lowest BCUT2D eigenvalue weighted by atomic mass is 9.93. The molecule has 1 aliphatic rings. The van der Waals surface area contributed by atoms with Crippen LogP contribution in [-0.2, 0) is 9.47 Å². The zero-order chi connectivity index (χ0) is 18.1. The Hall–Kier alpha value is -0.400. The zero-order valence-electron chi connectivity index (χ0n) is 15.1. The minimum Gasteiger partial charge on any atom is -0.383 e. The summed E-state index contributed by atoms with van der Waals surface area (Å²) >= 11 is 4.93. The van der Waals surface area contributed by atoms with Gasteiger partial charge in [0.05, 0.1) is 13.2 Å². The quantitative estimate of drug-likeness (QED) is 0.587. The third kappa shape index (κ3) is 6.68. The first kappa shape index (κ1) is 20.9. The van der Waals surface area contributed by atoms with E-state index in [0.717, 1.165) is 36.0 Å². The van der Waals surface area contributed by atoms with E-state index in [2.05, 4.69) is 20.8 Å². The van der Waals surface area contributed by atoms with E-state index in [0.29, 0.717) is 24.5 Å². The minimum absolute atomic E-state index is 0.169. The van der Waals surface area contributed by atoms with Crippen LogP contribution in [0.1, 0.15) is 36.0 Å². The predicted molar refractivity (Wildman–Crippen MR) is 107 cm³/mol. The molecule has 1 aromatic rings. The van der Waals surface area contributed by atoms with Gasteiger partial charge in [0, 0.05) is 48.6 Å². The number of nitrogens with zero attached hydrogens (tertiary/aromatic N) is 1. The van der Waals surface area contributed by atoms with E-state index in [4.69, 9.17) is 9.47 Å². The first-order valence-electron chi connectivity index (χ1n) is 8.84. The van der Waals surface area contributed by atoms with Crippen LogP contribution in [0.2, 0.25) is 0 Å². The maximum Gasteiger partial charge on any atom is 0.219 e. The Kier molecular flexibility index (Phi) is 9.48. The van der Waals surface area contributed by atoms with Crippen molar-refractivity contribution >= 4 is 32.8 Å². The predicted octanol–water partition coefficient (Wildman–Crippen LogP) is 4.23. The summed E-state index contributed by atoms with van der Waals surface area (Å²) in [5.74, 6) is 0. The molecular weight excluding hydrogens is 402 g/mol. The summed E-state index contributed by atoms with van der Waals surface area (Å²) in [4.78, 5) is 15.1. The number of thioether (sulfide) groups is 1. The lowest BCUT2D eigenvalue weighted by Gasteiger charge is -2.39. The van der Waals surface area contributed by atoms with E-state index in [1.165, 1.54) is 24.6 Å². The van der Waals surface area contributed by atoms with Crippen molar-refractivity contribution in [2.45, 2.75) is 37.0 Å². The van der Waals surface area contributed by atoms with Gasteiger partial charge in [0.25, 0.3) is 0 Å². The van der Waals surface area contributed by atoms with Gasteiger partial charge in [-0.2, -0.15) is 0 Å². The van der Waals surface area contributed by atoms with Gasteiger partial charge >= 0.3 is 0 Å². The fourth-order valence-electron chi connectivity index (χ4n) is 3.28. The topological polar surface area (TPSA) is 38.8 Å². The molecule has 0 unspecified atom stereocenters. The fourth-order valence-corrected chi connectivity index (χ4v) is 4.85. The van der Waals surface area contributed by atoms with Gasteiger partial charge in [-0.25, -0.2) is 0 Å². The van der Waals surface area contributed by atoms with Crippen LogP contribution >= 0.6 is 27.7 Å². The van der Waals surface area contributed by atoms with Gasteiger partial charge in [0.1, 0.15) is 0 Å². The molecule has 0 aromatic heterocycles. The SMILES string of the molecule is COCCN(CCOC)[C@@H]1CCCC[C@H]1SC(=O)c1ccc(Br)cc1. The summed E-state index contributed by atoms with van der Waals surface area (Å²) in [5.41, 5.74) is 0.776. The van der Waals surface area contributed by atoms with E-state index >= 15 is 0 Å². The standard InChI is InChI=1S/C19H28BrNO3S/c1-23-13-11-21(12-14-24-2)17-5-3-4-6-18(17)25-19(22)15-7-9-16(20)10-8-15/h7-10,17-18H,3-6,11-14H2,1-2H3/t17-,18-/m1/s1. The highest BCUT2D eigenvalue weighted by Gasteiger charge is 2.32. The van der Waals surface area contributed by atoms with Crippen molar-refractivity contribution in [3.05, 3.63) is 34.3 Å². The second kappa shape index (κ2) is 11.3. The lowest BCUT2D eigenvalue weighted by Crippen LogP contribution is -2.47. The average molecular weight is 430 g/mol. The fraction of sp³-hybridized carbons (Fsp3) is 0.632. The minimum atomic E-state index is 0.169. The number of halogens is 1. The van der Waals surface area contributed by atoms with E-state index in [1.807, 2.05) is 24.3 Å². The van der Waals surface area contributed by atoms with Crippen LogP contribution in [0.15, 0.2) is 28.7 Å². The van der Waals surface area contributed by atoms with Crippen LogP contribution in [-0.4, -0.2) is 61.8 Å². The third-order valence-corrected chi connectivity index (χ3v) is 6.47. The Morgan fingerprint density at radius 3 is 2.32 bits per heavy atom. The molecule has 0 aliphatic heterocycles. The zero-order valence-corrected chi connectivity index (χ0v) is 17.5. The number of carbonyl (C=O) groups is 1. The van der Waals surface area contributed by atoms with Crippen molar-refractivity contribution in [2.75, 3.05) is 40.5 Å². The Balaban J connectivity index is 2.04. The molecule has 2 rings (SSSR count). The molecule has 0 spiro atoms. The molecule has 1 fully saturated rings. The largest absolute Gasteiger partial charge is 0.383 e. The molecule has 0 bridgehead atoms. The van der Waals surface area contributed by atoms with Gasteiger partial charge in [-0.05, 0) is 37.1 Å². The number of rotatable bonds is 9. The molecule has 0 heterocycles. The molecule has 2 atom stereocenters. The monoisotopic (exact) mass is 429 g/mol. The van der Waals surface area contributed by atoms with Crippen molar-refractivity contribution in [1.82, 2.24) is 4.90 Å². The average Bonchev–Trinajstić information content (AvgIpc) is 2.63. The van der Waals surface area contributed by atoms with Gasteiger partial charge in [0.15, 0.2) is 0 Å². The third-order valence-electron chi connectivity index (χ3n) is 4.64. The van der Waals surface area contributed by atoms with E-state index < -0.39 is 0 Å². The smallest absolute Gasteiger partial charge is 0.219 e. The van der Waals surface area contributed by atoms with Crippen LogP contribution in [0.5, 0.6) is 0 Å².